The van der Waals surface area contributed by atoms with Crippen LogP contribution in [0.5, 0.6) is 0 Å². The Hall–Kier alpha value is -1.87. The zero-order chi connectivity index (χ0) is 12.1. The third-order valence-corrected chi connectivity index (χ3v) is 2.66. The van der Waals surface area contributed by atoms with E-state index >= 15 is 0 Å². The van der Waals surface area contributed by atoms with Crippen molar-refractivity contribution in [1.29, 1.82) is 0 Å². The molecule has 0 heterocycles. The molecule has 0 aliphatic carbocycles. The molecule has 0 saturated carbocycles. The van der Waals surface area contributed by atoms with Crippen molar-refractivity contribution in [3.05, 3.63) is 65.5 Å². The minimum Gasteiger partial charge on any atom is -0.381 e. The van der Waals surface area contributed by atoms with Gasteiger partial charge in [-0.1, -0.05) is 36.4 Å². The average molecular weight is 230 g/mol. The molecular formula is C14H15FN2. The summed E-state index contributed by atoms with van der Waals surface area (Å²) < 4.78 is 13.4. The summed E-state index contributed by atoms with van der Waals surface area (Å²) in [5, 5.41) is 3.20. The summed E-state index contributed by atoms with van der Waals surface area (Å²) in [6.45, 7) is 0.935. The van der Waals surface area contributed by atoms with Crippen LogP contribution < -0.4 is 11.1 Å². The first-order chi connectivity index (χ1) is 8.31. The van der Waals surface area contributed by atoms with Gasteiger partial charge in [-0.25, -0.2) is 4.39 Å². The van der Waals surface area contributed by atoms with Gasteiger partial charge < -0.3 is 11.1 Å². The van der Waals surface area contributed by atoms with E-state index in [9.17, 15) is 4.39 Å². The quantitative estimate of drug-likeness (QED) is 0.847. The lowest BCUT2D eigenvalue weighted by Gasteiger charge is -2.11. The van der Waals surface area contributed by atoms with Gasteiger partial charge in [0.1, 0.15) is 5.82 Å². The molecule has 0 radical (unpaired) electrons. The van der Waals surface area contributed by atoms with Gasteiger partial charge in [0.2, 0.25) is 0 Å². The number of benzene rings is 2. The molecule has 2 aromatic carbocycles. The molecule has 17 heavy (non-hydrogen) atoms. The van der Waals surface area contributed by atoms with Gasteiger partial charge in [0, 0.05) is 24.3 Å². The van der Waals surface area contributed by atoms with Gasteiger partial charge in [-0.3, -0.25) is 0 Å². The molecule has 2 rings (SSSR count). The SMILES string of the molecule is NCc1ccccc1NCc1ccccc1F. The van der Waals surface area contributed by atoms with Gasteiger partial charge in [0.05, 0.1) is 0 Å². The molecule has 0 aliphatic heterocycles. The van der Waals surface area contributed by atoms with Crippen LogP contribution in [0.4, 0.5) is 10.1 Å². The largest absolute Gasteiger partial charge is 0.381 e. The third kappa shape index (κ3) is 2.82. The predicted octanol–water partition coefficient (Wildman–Crippen LogP) is 2.90. The van der Waals surface area contributed by atoms with E-state index in [0.29, 0.717) is 18.7 Å². The molecule has 0 aliphatic rings. The number of para-hydroxylation sites is 1. The van der Waals surface area contributed by atoms with Crippen LogP contribution >= 0.6 is 0 Å². The zero-order valence-electron chi connectivity index (χ0n) is 9.49. The number of nitrogens with two attached hydrogens (primary N) is 1. The molecule has 0 aromatic heterocycles. The number of nitrogens with one attached hydrogen (secondary N) is 1. The molecule has 0 saturated heterocycles. The average Bonchev–Trinajstić information content (AvgIpc) is 2.38. The molecule has 0 spiro atoms. The Kier molecular flexibility index (Phi) is 3.73. The summed E-state index contributed by atoms with van der Waals surface area (Å²) in [5.74, 6) is -0.190. The van der Waals surface area contributed by atoms with Crippen LogP contribution in [0, 0.1) is 5.82 Å². The number of hydrogen-bond donors (Lipinski definition) is 2. The molecule has 0 unspecified atom stereocenters. The van der Waals surface area contributed by atoms with Crippen molar-refractivity contribution in [2.45, 2.75) is 13.1 Å². The van der Waals surface area contributed by atoms with E-state index in [4.69, 9.17) is 5.73 Å². The highest BCUT2D eigenvalue weighted by Gasteiger charge is 2.02. The van der Waals surface area contributed by atoms with Crippen molar-refractivity contribution in [3.63, 3.8) is 0 Å². The fourth-order valence-electron chi connectivity index (χ4n) is 1.70. The first kappa shape index (κ1) is 11.6. The van der Waals surface area contributed by atoms with E-state index in [2.05, 4.69) is 5.32 Å². The second kappa shape index (κ2) is 5.46. The summed E-state index contributed by atoms with van der Waals surface area (Å²) >= 11 is 0. The molecule has 0 atom stereocenters. The summed E-state index contributed by atoms with van der Waals surface area (Å²) in [5.41, 5.74) is 8.28. The molecule has 0 bridgehead atoms. The van der Waals surface area contributed by atoms with E-state index < -0.39 is 0 Å². The van der Waals surface area contributed by atoms with Crippen molar-refractivity contribution in [1.82, 2.24) is 0 Å². The summed E-state index contributed by atoms with van der Waals surface area (Å²) in [6.07, 6.45) is 0. The first-order valence-electron chi connectivity index (χ1n) is 5.56. The Labute approximate surface area is 100 Å². The highest BCUT2D eigenvalue weighted by Crippen LogP contribution is 2.16. The maximum absolute atomic E-state index is 13.4. The Balaban J connectivity index is 2.10. The molecule has 2 nitrogen and oxygen atoms in total. The molecule has 3 heteroatoms. The van der Waals surface area contributed by atoms with E-state index in [1.165, 1.54) is 6.07 Å². The monoisotopic (exact) mass is 230 g/mol. The van der Waals surface area contributed by atoms with E-state index in [-0.39, 0.29) is 5.82 Å². The number of halogens is 1. The fourth-order valence-corrected chi connectivity index (χ4v) is 1.70. The van der Waals surface area contributed by atoms with Crippen molar-refractivity contribution in [2.75, 3.05) is 5.32 Å². The number of hydrogen-bond acceptors (Lipinski definition) is 2. The highest BCUT2D eigenvalue weighted by molar-refractivity contribution is 5.51. The van der Waals surface area contributed by atoms with Crippen LogP contribution in [0.1, 0.15) is 11.1 Å². The van der Waals surface area contributed by atoms with Gasteiger partial charge >= 0.3 is 0 Å². The van der Waals surface area contributed by atoms with Gasteiger partial charge in [-0.05, 0) is 17.7 Å². The van der Waals surface area contributed by atoms with E-state index in [1.807, 2.05) is 30.3 Å². The second-order valence-electron chi connectivity index (χ2n) is 3.81. The summed E-state index contributed by atoms with van der Waals surface area (Å²) in [6, 6.07) is 14.5. The third-order valence-electron chi connectivity index (χ3n) is 2.66. The van der Waals surface area contributed by atoms with E-state index in [1.54, 1.807) is 12.1 Å². The van der Waals surface area contributed by atoms with Gasteiger partial charge in [-0.15, -0.1) is 0 Å². The summed E-state index contributed by atoms with van der Waals surface area (Å²) in [4.78, 5) is 0. The topological polar surface area (TPSA) is 38.0 Å². The molecular weight excluding hydrogens is 215 g/mol. The lowest BCUT2D eigenvalue weighted by molar-refractivity contribution is 0.613. The highest BCUT2D eigenvalue weighted by atomic mass is 19.1. The standard InChI is InChI=1S/C14H15FN2/c15-13-7-3-1-6-12(13)10-17-14-8-4-2-5-11(14)9-16/h1-8,17H,9-10,16H2. The van der Waals surface area contributed by atoms with Crippen LogP contribution in [0.3, 0.4) is 0 Å². The van der Waals surface area contributed by atoms with Crippen LogP contribution in [0.25, 0.3) is 0 Å². The van der Waals surface area contributed by atoms with Crippen LogP contribution in [0.2, 0.25) is 0 Å². The Bertz CT molecular complexity index is 497. The van der Waals surface area contributed by atoms with Gasteiger partial charge in [-0.2, -0.15) is 0 Å². The van der Waals surface area contributed by atoms with E-state index in [0.717, 1.165) is 11.3 Å². The predicted molar refractivity (Wildman–Crippen MR) is 68.1 cm³/mol. The van der Waals surface area contributed by atoms with Crippen LogP contribution in [0.15, 0.2) is 48.5 Å². The zero-order valence-corrected chi connectivity index (χ0v) is 9.49. The van der Waals surface area contributed by atoms with Crippen molar-refractivity contribution in [2.24, 2.45) is 5.73 Å². The molecule has 0 fully saturated rings. The maximum Gasteiger partial charge on any atom is 0.128 e. The Morgan fingerprint density at radius 3 is 2.29 bits per heavy atom. The maximum atomic E-state index is 13.4. The molecule has 0 amide bonds. The Morgan fingerprint density at radius 2 is 1.59 bits per heavy atom. The van der Waals surface area contributed by atoms with Crippen molar-refractivity contribution in [3.8, 4) is 0 Å². The lowest BCUT2D eigenvalue weighted by Crippen LogP contribution is -2.06. The van der Waals surface area contributed by atoms with Gasteiger partial charge in [0.25, 0.3) is 0 Å². The van der Waals surface area contributed by atoms with Gasteiger partial charge in [0.15, 0.2) is 0 Å². The molecule has 3 N–H and O–H groups in total. The number of anilines is 1. The van der Waals surface area contributed by atoms with Crippen LogP contribution in [-0.2, 0) is 13.1 Å². The van der Waals surface area contributed by atoms with Crippen molar-refractivity contribution >= 4 is 5.69 Å². The van der Waals surface area contributed by atoms with Crippen molar-refractivity contribution < 1.29 is 4.39 Å². The first-order valence-corrected chi connectivity index (χ1v) is 5.56. The minimum atomic E-state index is -0.190. The molecule has 2 aromatic rings. The molecule has 88 valence electrons. The summed E-state index contributed by atoms with van der Waals surface area (Å²) in [7, 11) is 0. The minimum absolute atomic E-state index is 0.190. The smallest absolute Gasteiger partial charge is 0.128 e. The fraction of sp³-hybridized carbons (Fsp3) is 0.143. The lowest BCUT2D eigenvalue weighted by atomic mass is 10.1. The normalized spacial score (nSPS) is 10.2. The Morgan fingerprint density at radius 1 is 0.941 bits per heavy atom. The van der Waals surface area contributed by atoms with Crippen LogP contribution in [-0.4, -0.2) is 0 Å². The second-order valence-corrected chi connectivity index (χ2v) is 3.81. The number of rotatable bonds is 4.